The number of halogens is 3. The molecule has 1 aromatic heterocycles. The van der Waals surface area contributed by atoms with Crippen molar-refractivity contribution in [3.8, 4) is 11.8 Å². The molecular formula is C44H45F3N8O6S. The van der Waals surface area contributed by atoms with Crippen LogP contribution in [0, 0.1) is 17.2 Å². The van der Waals surface area contributed by atoms with Crippen LogP contribution < -0.4 is 19.9 Å². The van der Waals surface area contributed by atoms with Gasteiger partial charge >= 0.3 is 6.18 Å². The van der Waals surface area contributed by atoms with Gasteiger partial charge in [0.1, 0.15) is 29.3 Å². The van der Waals surface area contributed by atoms with Crippen LogP contribution >= 0.6 is 12.2 Å². The molecule has 5 amide bonds. The number of pyridine rings is 1. The Morgan fingerprint density at radius 3 is 2.35 bits per heavy atom. The number of imide groups is 2. The Bertz CT molecular complexity index is 2390. The van der Waals surface area contributed by atoms with Gasteiger partial charge in [0.15, 0.2) is 5.11 Å². The average Bonchev–Trinajstić information content (AvgIpc) is 3.57. The molecule has 3 aromatic rings. The average molecular weight is 871 g/mol. The van der Waals surface area contributed by atoms with Crippen molar-refractivity contribution in [1.29, 1.82) is 5.26 Å². The van der Waals surface area contributed by atoms with Gasteiger partial charge in [0, 0.05) is 57.7 Å². The number of piperidine rings is 2. The topological polar surface area (TPSA) is 159 Å². The second-order valence-electron chi connectivity index (χ2n) is 17.0. The monoisotopic (exact) mass is 870 g/mol. The fourth-order valence-electron chi connectivity index (χ4n) is 9.07. The lowest BCUT2D eigenvalue weighted by molar-refractivity contribution is -0.138. The molecule has 14 nitrogen and oxygen atoms in total. The number of carbonyl (C=O) groups is 5. The zero-order valence-corrected chi connectivity index (χ0v) is 35.2. The van der Waals surface area contributed by atoms with E-state index in [4.69, 9.17) is 21.9 Å². The molecule has 0 unspecified atom stereocenters. The minimum absolute atomic E-state index is 0.0398. The lowest BCUT2D eigenvalue weighted by Gasteiger charge is -2.44. The number of nitrogens with one attached hydrogen (secondary N) is 1. The third kappa shape index (κ3) is 7.87. The normalized spacial score (nSPS) is 22.9. The van der Waals surface area contributed by atoms with Gasteiger partial charge in [-0.1, -0.05) is 13.0 Å². The first-order valence-corrected chi connectivity index (χ1v) is 21.1. The van der Waals surface area contributed by atoms with E-state index in [2.05, 4.69) is 22.0 Å². The Balaban J connectivity index is 0.811. The van der Waals surface area contributed by atoms with Crippen LogP contribution in [0.15, 0.2) is 54.7 Å². The number of thiocarbonyl (C=S) groups is 1. The van der Waals surface area contributed by atoms with Crippen LogP contribution in [-0.2, 0) is 27.1 Å². The highest BCUT2D eigenvalue weighted by atomic mass is 32.1. The van der Waals surface area contributed by atoms with E-state index in [0.717, 1.165) is 85.2 Å². The van der Waals surface area contributed by atoms with Crippen molar-refractivity contribution >= 4 is 58.4 Å². The van der Waals surface area contributed by atoms with E-state index in [-0.39, 0.29) is 47.4 Å². The molecule has 18 heteroatoms. The maximum absolute atomic E-state index is 13.7. The fourth-order valence-corrected chi connectivity index (χ4v) is 9.55. The fraction of sp³-hybridized carbons (Fsp3) is 0.455. The predicted octanol–water partition coefficient (Wildman–Crippen LogP) is 5.43. The van der Waals surface area contributed by atoms with Crippen molar-refractivity contribution in [2.75, 3.05) is 36.0 Å². The van der Waals surface area contributed by atoms with Crippen LogP contribution in [-0.4, -0.2) is 104 Å². The van der Waals surface area contributed by atoms with E-state index < -0.39 is 58.4 Å². The van der Waals surface area contributed by atoms with Gasteiger partial charge in [-0.2, -0.15) is 18.4 Å². The molecule has 0 bridgehead atoms. The second-order valence-corrected chi connectivity index (χ2v) is 17.3. The summed E-state index contributed by atoms with van der Waals surface area (Å²) < 4.78 is 47.4. The minimum atomic E-state index is -4.78. The van der Waals surface area contributed by atoms with Crippen molar-refractivity contribution < 1.29 is 41.9 Å². The molecule has 1 aliphatic carbocycles. The Morgan fingerprint density at radius 1 is 0.984 bits per heavy atom. The van der Waals surface area contributed by atoms with Crippen LogP contribution in [0.1, 0.15) is 96.7 Å². The molecule has 1 atom stereocenters. The molecule has 2 aromatic carbocycles. The molecule has 8 rings (SSSR count). The molecule has 5 aliphatic rings. The van der Waals surface area contributed by atoms with Crippen molar-refractivity contribution in [3.63, 3.8) is 0 Å². The van der Waals surface area contributed by atoms with E-state index in [1.54, 1.807) is 49.2 Å². The quantitative estimate of drug-likeness (QED) is 0.193. The van der Waals surface area contributed by atoms with Crippen molar-refractivity contribution in [2.45, 2.75) is 95.7 Å². The van der Waals surface area contributed by atoms with Crippen LogP contribution in [0.3, 0.4) is 0 Å². The Morgan fingerprint density at radius 2 is 1.71 bits per heavy atom. The summed E-state index contributed by atoms with van der Waals surface area (Å²) in [4.78, 5) is 77.1. The van der Waals surface area contributed by atoms with Crippen molar-refractivity contribution in [1.82, 2.24) is 25.0 Å². The molecular weight excluding hydrogens is 826 g/mol. The first-order chi connectivity index (χ1) is 29.5. The number of alkyl halides is 3. The smallest absolute Gasteiger partial charge is 0.417 e. The zero-order valence-electron chi connectivity index (χ0n) is 34.4. The Kier molecular flexibility index (Phi) is 11.3. The predicted molar refractivity (Wildman–Crippen MR) is 223 cm³/mol. The first kappa shape index (κ1) is 42.7. The summed E-state index contributed by atoms with van der Waals surface area (Å²) in [5.74, 6) is -0.838. The third-order valence-electron chi connectivity index (χ3n) is 12.8. The van der Waals surface area contributed by atoms with E-state index in [0.29, 0.717) is 17.7 Å². The summed E-state index contributed by atoms with van der Waals surface area (Å²) in [5, 5.41) is 11.5. The first-order valence-electron chi connectivity index (χ1n) is 20.7. The number of benzene rings is 2. The van der Waals surface area contributed by atoms with E-state index in [1.807, 2.05) is 12.1 Å². The molecule has 5 heterocycles. The number of hydrogen-bond donors (Lipinski definition) is 1. The van der Waals surface area contributed by atoms with Gasteiger partial charge in [0.05, 0.1) is 34.0 Å². The maximum Gasteiger partial charge on any atom is 0.417 e. The molecule has 1 N–H and O–H groups in total. The van der Waals surface area contributed by atoms with Crippen LogP contribution in [0.25, 0.3) is 0 Å². The summed E-state index contributed by atoms with van der Waals surface area (Å²) in [5.41, 5.74) is -1.69. The number of rotatable bonds is 11. The molecule has 62 heavy (non-hydrogen) atoms. The third-order valence-corrected chi connectivity index (χ3v) is 13.2. The van der Waals surface area contributed by atoms with Gasteiger partial charge in [-0.3, -0.25) is 39.1 Å². The highest BCUT2D eigenvalue weighted by Gasteiger charge is 2.50. The number of anilines is 2. The minimum Gasteiger partial charge on any atom is -0.490 e. The van der Waals surface area contributed by atoms with E-state index >= 15 is 0 Å². The molecule has 3 saturated heterocycles. The van der Waals surface area contributed by atoms with Crippen molar-refractivity contribution in [2.24, 2.45) is 5.92 Å². The van der Waals surface area contributed by atoms with Gasteiger partial charge in [0.25, 0.3) is 17.7 Å². The van der Waals surface area contributed by atoms with E-state index in [1.165, 1.54) is 6.07 Å². The van der Waals surface area contributed by atoms with Gasteiger partial charge in [-0.15, -0.1) is 0 Å². The molecule has 0 radical (unpaired) electrons. The summed E-state index contributed by atoms with van der Waals surface area (Å²) in [6.45, 7) is 9.24. The van der Waals surface area contributed by atoms with Crippen LogP contribution in [0.5, 0.6) is 5.75 Å². The van der Waals surface area contributed by atoms with E-state index in [9.17, 15) is 42.4 Å². The Hall–Kier alpha value is -5.93. The molecule has 4 aliphatic heterocycles. The number of carbonyl (C=O) groups excluding carboxylic acids is 5. The number of aromatic nitrogens is 1. The molecule has 0 spiro atoms. The molecule has 4 fully saturated rings. The van der Waals surface area contributed by atoms with Gasteiger partial charge in [0.2, 0.25) is 11.8 Å². The standard InChI is InChI=1S/C44H45F3N8O6S/c1-4-51(29-17-31(18-29)61-30-8-9-32-33(20-30)40(59)55(39(32)58)35-10-12-37(56)50-38(35)57)23-25-13-15-52(16-14-25)36-11-5-26(22-49-36)24-53-42(62)54(41(60)43(53,2)3)28-7-6-27(21-48)34(19-28)44(45,46)47/h5-9,11,19-20,22,25,29,31,35H,4,10,12-18,23-24H2,1-3H3,(H,50,56,57)/t29?,31?,35-/m1/s1. The highest BCUT2D eigenvalue weighted by molar-refractivity contribution is 7.80. The summed E-state index contributed by atoms with van der Waals surface area (Å²) in [6.07, 6.45) is 0.702. The number of nitrogens with zero attached hydrogens (tertiary/aromatic N) is 7. The van der Waals surface area contributed by atoms with Gasteiger partial charge < -0.3 is 19.4 Å². The largest absolute Gasteiger partial charge is 0.490 e. The lowest BCUT2D eigenvalue weighted by Crippen LogP contribution is -2.54. The SMILES string of the molecule is CCN(CC1CCN(c2ccc(CN3C(=S)N(c4ccc(C#N)c(C(F)(F)F)c4)C(=O)C3(C)C)cn2)CC1)C1CC(Oc2ccc3c(c2)C(=O)N([C@@H]2CCC(=O)NC2=O)C3=O)C1. The van der Waals surface area contributed by atoms with Gasteiger partial charge in [-0.25, -0.2) is 4.98 Å². The number of amides is 5. The van der Waals surface area contributed by atoms with Crippen molar-refractivity contribution in [3.05, 3.63) is 82.5 Å². The number of nitriles is 1. The lowest BCUT2D eigenvalue weighted by atomic mass is 9.86. The summed E-state index contributed by atoms with van der Waals surface area (Å²) in [7, 11) is 0. The van der Waals surface area contributed by atoms with Crippen LogP contribution in [0.2, 0.25) is 0 Å². The highest BCUT2D eigenvalue weighted by Crippen LogP contribution is 2.39. The number of hydrogen-bond acceptors (Lipinski definition) is 11. The molecule has 1 saturated carbocycles. The maximum atomic E-state index is 13.7. The molecule has 324 valence electrons. The number of fused-ring (bicyclic) bond motifs is 1. The van der Waals surface area contributed by atoms with Gasteiger partial charge in [-0.05, 0) is 106 Å². The number of ether oxygens (including phenoxy) is 1. The Labute approximate surface area is 361 Å². The summed E-state index contributed by atoms with van der Waals surface area (Å²) >= 11 is 5.66. The summed E-state index contributed by atoms with van der Waals surface area (Å²) in [6, 6.07) is 12.7. The second kappa shape index (κ2) is 16.4. The van der Waals surface area contributed by atoms with Crippen LogP contribution in [0.4, 0.5) is 24.7 Å². The zero-order chi connectivity index (χ0) is 44.2.